The van der Waals surface area contributed by atoms with Gasteiger partial charge in [0.2, 0.25) is 0 Å². The first-order chi connectivity index (χ1) is 15.6. The highest BCUT2D eigenvalue weighted by molar-refractivity contribution is 5.99. The molecule has 0 atom stereocenters. The van der Waals surface area contributed by atoms with E-state index in [1.165, 1.54) is 0 Å². The summed E-state index contributed by atoms with van der Waals surface area (Å²) < 4.78 is 15.8. The van der Waals surface area contributed by atoms with Crippen LogP contribution in [0.25, 0.3) is 0 Å². The van der Waals surface area contributed by atoms with Crippen molar-refractivity contribution < 1.29 is 28.6 Å². The first-order valence-corrected chi connectivity index (χ1v) is 12.8. The molecule has 0 unspecified atom stereocenters. The van der Waals surface area contributed by atoms with Gasteiger partial charge in [-0.3, -0.25) is 4.79 Å². The van der Waals surface area contributed by atoms with E-state index in [9.17, 15) is 14.4 Å². The summed E-state index contributed by atoms with van der Waals surface area (Å²) in [7, 11) is 0. The van der Waals surface area contributed by atoms with Crippen molar-refractivity contribution in [3.05, 3.63) is 11.6 Å². The molecule has 0 aliphatic heterocycles. The van der Waals surface area contributed by atoms with Crippen LogP contribution in [0.5, 0.6) is 0 Å². The van der Waals surface area contributed by atoms with Crippen LogP contribution in [-0.4, -0.2) is 37.7 Å². The van der Waals surface area contributed by atoms with Gasteiger partial charge in [0.25, 0.3) is 0 Å². The predicted molar refractivity (Wildman–Crippen MR) is 132 cm³/mol. The first-order valence-electron chi connectivity index (χ1n) is 12.8. The van der Waals surface area contributed by atoms with Crippen molar-refractivity contribution in [2.24, 2.45) is 17.8 Å². The molecule has 192 valence electrons. The van der Waals surface area contributed by atoms with Gasteiger partial charge < -0.3 is 14.2 Å². The van der Waals surface area contributed by atoms with Gasteiger partial charge in [0.05, 0.1) is 31.8 Å². The summed E-state index contributed by atoms with van der Waals surface area (Å²) in [6.45, 7) is 13.8. The van der Waals surface area contributed by atoms with Gasteiger partial charge in [-0.1, -0.05) is 60.8 Å². The van der Waals surface area contributed by atoms with Crippen molar-refractivity contribution in [1.82, 2.24) is 0 Å². The highest BCUT2D eigenvalue weighted by Gasteiger charge is 2.19. The maximum absolute atomic E-state index is 12.5. The van der Waals surface area contributed by atoms with Gasteiger partial charge in [-0.15, -0.1) is 0 Å². The lowest BCUT2D eigenvalue weighted by Crippen LogP contribution is -2.17. The molecule has 0 amide bonds. The molecule has 6 nitrogen and oxygen atoms in total. The third-order valence-electron chi connectivity index (χ3n) is 5.16. The summed E-state index contributed by atoms with van der Waals surface area (Å²) in [5.74, 6) is -0.000936. The fraction of sp³-hybridized carbons (Fsp3) is 0.815. The van der Waals surface area contributed by atoms with Gasteiger partial charge in [0.15, 0.2) is 0 Å². The van der Waals surface area contributed by atoms with Crippen LogP contribution in [0.4, 0.5) is 0 Å². The number of carbonyl (C=O) groups excluding carboxylic acids is 3. The zero-order valence-corrected chi connectivity index (χ0v) is 22.0. The number of carbonyl (C=O) groups is 3. The second-order valence-corrected chi connectivity index (χ2v) is 10.0. The van der Waals surface area contributed by atoms with E-state index in [4.69, 9.17) is 14.2 Å². The van der Waals surface area contributed by atoms with Gasteiger partial charge >= 0.3 is 17.9 Å². The van der Waals surface area contributed by atoms with Crippen molar-refractivity contribution in [2.75, 3.05) is 19.8 Å². The Morgan fingerprint density at radius 1 is 0.606 bits per heavy atom. The Morgan fingerprint density at radius 2 is 1.03 bits per heavy atom. The Labute approximate surface area is 201 Å². The number of unbranched alkanes of at least 4 members (excludes halogenated alkanes) is 3. The van der Waals surface area contributed by atoms with E-state index in [0.717, 1.165) is 63.9 Å². The minimum atomic E-state index is -0.659. The molecular formula is C27H48O6. The Balaban J connectivity index is 4.69. The number of esters is 3. The zero-order valence-electron chi connectivity index (χ0n) is 22.0. The van der Waals surface area contributed by atoms with Gasteiger partial charge in [-0.05, 0) is 56.3 Å². The Kier molecular flexibility index (Phi) is 18.5. The summed E-state index contributed by atoms with van der Waals surface area (Å²) >= 11 is 0. The van der Waals surface area contributed by atoms with Gasteiger partial charge in [-0.25, -0.2) is 9.59 Å². The molecule has 0 bridgehead atoms. The molecule has 0 spiro atoms. The minimum Gasteiger partial charge on any atom is -0.465 e. The van der Waals surface area contributed by atoms with Crippen molar-refractivity contribution in [3.8, 4) is 0 Å². The van der Waals surface area contributed by atoms with E-state index in [1.807, 2.05) is 0 Å². The summed E-state index contributed by atoms with van der Waals surface area (Å²) in [5, 5.41) is 0. The highest BCUT2D eigenvalue weighted by Crippen LogP contribution is 2.12. The number of ether oxygens (including phenoxy) is 3. The van der Waals surface area contributed by atoms with Gasteiger partial charge in [-0.2, -0.15) is 0 Å². The average Bonchev–Trinajstić information content (AvgIpc) is 2.71. The monoisotopic (exact) mass is 468 g/mol. The molecule has 0 aromatic carbocycles. The zero-order chi connectivity index (χ0) is 25.1. The van der Waals surface area contributed by atoms with Crippen LogP contribution in [0, 0.1) is 17.8 Å². The maximum atomic E-state index is 12.5. The van der Waals surface area contributed by atoms with Crippen LogP contribution >= 0.6 is 0 Å². The van der Waals surface area contributed by atoms with E-state index in [0.29, 0.717) is 31.0 Å². The Hall–Kier alpha value is -1.85. The summed E-state index contributed by atoms with van der Waals surface area (Å²) in [6, 6.07) is 0. The standard InChI is InChI=1S/C27H48O6/c1-21(2)13-7-10-16-31-25(28)19-24(27(30)33-18-12-9-15-23(5)6)20-26(29)32-17-11-8-14-22(3)4/h19,21-23H,7-18,20H2,1-6H3. The molecular weight excluding hydrogens is 420 g/mol. The average molecular weight is 469 g/mol. The third-order valence-corrected chi connectivity index (χ3v) is 5.16. The van der Waals surface area contributed by atoms with Gasteiger partial charge in [0.1, 0.15) is 0 Å². The van der Waals surface area contributed by atoms with E-state index in [-0.39, 0.29) is 18.6 Å². The van der Waals surface area contributed by atoms with Gasteiger partial charge in [0, 0.05) is 6.08 Å². The summed E-state index contributed by atoms with van der Waals surface area (Å²) in [6.07, 6.45) is 9.22. The first kappa shape index (κ1) is 31.1. The fourth-order valence-corrected chi connectivity index (χ4v) is 3.15. The largest absolute Gasteiger partial charge is 0.465 e. The number of rotatable bonds is 19. The lowest BCUT2D eigenvalue weighted by atomic mass is 10.1. The van der Waals surface area contributed by atoms with Crippen LogP contribution < -0.4 is 0 Å². The van der Waals surface area contributed by atoms with E-state index >= 15 is 0 Å². The third kappa shape index (κ3) is 20.5. The van der Waals surface area contributed by atoms with Crippen LogP contribution in [0.2, 0.25) is 0 Å². The molecule has 0 saturated heterocycles. The second-order valence-electron chi connectivity index (χ2n) is 10.0. The second kappa shape index (κ2) is 19.6. The predicted octanol–water partition coefficient (Wildman–Crippen LogP) is 6.41. The van der Waals surface area contributed by atoms with Crippen LogP contribution in [0.1, 0.15) is 106 Å². The molecule has 0 aromatic rings. The number of hydrogen-bond donors (Lipinski definition) is 0. The smallest absolute Gasteiger partial charge is 0.334 e. The quantitative estimate of drug-likeness (QED) is 0.0943. The molecule has 33 heavy (non-hydrogen) atoms. The maximum Gasteiger partial charge on any atom is 0.334 e. The molecule has 0 aliphatic rings. The van der Waals surface area contributed by atoms with Crippen molar-refractivity contribution in [3.63, 3.8) is 0 Å². The molecule has 0 N–H and O–H groups in total. The minimum absolute atomic E-state index is 0.0155. The fourth-order valence-electron chi connectivity index (χ4n) is 3.15. The normalized spacial score (nSPS) is 11.8. The molecule has 0 aromatic heterocycles. The lowest BCUT2D eigenvalue weighted by molar-refractivity contribution is -0.146. The molecule has 0 aliphatic carbocycles. The number of hydrogen-bond acceptors (Lipinski definition) is 6. The lowest BCUT2D eigenvalue weighted by Gasteiger charge is -2.10. The topological polar surface area (TPSA) is 78.9 Å². The molecule has 0 radical (unpaired) electrons. The van der Waals surface area contributed by atoms with E-state index in [1.54, 1.807) is 0 Å². The molecule has 6 heteroatoms. The molecule has 0 saturated carbocycles. The van der Waals surface area contributed by atoms with Crippen molar-refractivity contribution in [1.29, 1.82) is 0 Å². The summed E-state index contributed by atoms with van der Waals surface area (Å²) in [5.41, 5.74) is -0.0155. The van der Waals surface area contributed by atoms with Crippen LogP contribution in [-0.2, 0) is 28.6 Å². The molecule has 0 fully saturated rings. The Morgan fingerprint density at radius 3 is 1.48 bits per heavy atom. The molecule has 0 rings (SSSR count). The van der Waals surface area contributed by atoms with Crippen LogP contribution in [0.15, 0.2) is 11.6 Å². The van der Waals surface area contributed by atoms with Crippen molar-refractivity contribution in [2.45, 2.75) is 106 Å². The van der Waals surface area contributed by atoms with Crippen LogP contribution in [0.3, 0.4) is 0 Å². The highest BCUT2D eigenvalue weighted by atomic mass is 16.5. The van der Waals surface area contributed by atoms with E-state index in [2.05, 4.69) is 41.5 Å². The summed E-state index contributed by atoms with van der Waals surface area (Å²) in [4.78, 5) is 36.9. The van der Waals surface area contributed by atoms with E-state index < -0.39 is 17.9 Å². The SMILES string of the molecule is CC(C)CCCCOC(=O)C=C(CC(=O)OCCCCC(C)C)C(=O)OCCCCC(C)C. The van der Waals surface area contributed by atoms with Crippen molar-refractivity contribution >= 4 is 17.9 Å². The molecule has 0 heterocycles. The Bertz CT molecular complexity index is 577.